The number of hydrogen-bond acceptors (Lipinski definition) is 4. The van der Waals surface area contributed by atoms with E-state index in [0.29, 0.717) is 6.04 Å². The molecule has 1 aliphatic rings. The highest BCUT2D eigenvalue weighted by atomic mass is 16.1. The largest absolute Gasteiger partial charge is 0.356 e. The van der Waals surface area contributed by atoms with Crippen LogP contribution in [0.4, 0.5) is 5.82 Å². The summed E-state index contributed by atoms with van der Waals surface area (Å²) in [5.41, 5.74) is -0.0873. The molecule has 82 valence electrons. The van der Waals surface area contributed by atoms with E-state index in [4.69, 9.17) is 0 Å². The zero-order chi connectivity index (χ0) is 10.7. The second-order valence-electron chi connectivity index (χ2n) is 3.82. The van der Waals surface area contributed by atoms with Gasteiger partial charge in [-0.25, -0.2) is 4.98 Å². The van der Waals surface area contributed by atoms with Crippen molar-refractivity contribution in [2.24, 2.45) is 0 Å². The Labute approximate surface area is 88.5 Å². The molecule has 5 nitrogen and oxygen atoms in total. The molecule has 0 radical (unpaired) electrons. The number of H-pyrrole nitrogens is 1. The second kappa shape index (κ2) is 4.44. The molecule has 1 aromatic heterocycles. The van der Waals surface area contributed by atoms with Crippen LogP contribution in [0.3, 0.4) is 0 Å². The van der Waals surface area contributed by atoms with Crippen molar-refractivity contribution >= 4 is 5.82 Å². The van der Waals surface area contributed by atoms with E-state index in [1.54, 1.807) is 6.07 Å². The molecule has 2 heterocycles. The van der Waals surface area contributed by atoms with Crippen molar-refractivity contribution < 1.29 is 0 Å². The average Bonchev–Trinajstić information content (AvgIpc) is 2.29. The van der Waals surface area contributed by atoms with Crippen LogP contribution in [-0.2, 0) is 0 Å². The van der Waals surface area contributed by atoms with Gasteiger partial charge >= 0.3 is 0 Å². The fourth-order valence-electron chi connectivity index (χ4n) is 1.93. The van der Waals surface area contributed by atoms with Gasteiger partial charge in [-0.1, -0.05) is 0 Å². The molecule has 0 aliphatic carbocycles. The highest BCUT2D eigenvalue weighted by Crippen LogP contribution is 2.15. The minimum absolute atomic E-state index is 0.0873. The maximum Gasteiger partial charge on any atom is 0.252 e. The minimum Gasteiger partial charge on any atom is -0.356 e. The van der Waals surface area contributed by atoms with Gasteiger partial charge in [-0.15, -0.1) is 0 Å². The first-order valence-electron chi connectivity index (χ1n) is 5.26. The fourth-order valence-corrected chi connectivity index (χ4v) is 1.93. The minimum atomic E-state index is -0.0873. The number of nitrogens with zero attached hydrogens (tertiary/aromatic N) is 2. The topological polar surface area (TPSA) is 61.0 Å². The first kappa shape index (κ1) is 10.2. The van der Waals surface area contributed by atoms with E-state index in [-0.39, 0.29) is 5.56 Å². The number of aromatic nitrogens is 2. The molecule has 1 fully saturated rings. The SMILES string of the molecule is CNC1CCN(c2cc(=O)[nH]cn2)CC1. The zero-order valence-electron chi connectivity index (χ0n) is 8.86. The Hall–Kier alpha value is -1.36. The Balaban J connectivity index is 2.04. The molecule has 0 unspecified atom stereocenters. The van der Waals surface area contributed by atoms with Crippen LogP contribution in [0.2, 0.25) is 0 Å². The van der Waals surface area contributed by atoms with Gasteiger partial charge in [-0.05, 0) is 19.9 Å². The summed E-state index contributed by atoms with van der Waals surface area (Å²) >= 11 is 0. The van der Waals surface area contributed by atoms with Gasteiger partial charge in [-0.3, -0.25) is 4.79 Å². The average molecular weight is 208 g/mol. The monoisotopic (exact) mass is 208 g/mol. The summed E-state index contributed by atoms with van der Waals surface area (Å²) in [4.78, 5) is 20.0. The van der Waals surface area contributed by atoms with Crippen LogP contribution in [0.25, 0.3) is 0 Å². The van der Waals surface area contributed by atoms with Crippen LogP contribution in [-0.4, -0.2) is 36.1 Å². The number of aromatic amines is 1. The Morgan fingerprint density at radius 1 is 1.53 bits per heavy atom. The predicted octanol–water partition coefficient (Wildman–Crippen LogP) is -0.0419. The molecule has 2 N–H and O–H groups in total. The van der Waals surface area contributed by atoms with Crippen molar-refractivity contribution in [1.82, 2.24) is 15.3 Å². The third-order valence-corrected chi connectivity index (χ3v) is 2.89. The number of nitrogens with one attached hydrogen (secondary N) is 2. The Bertz CT molecular complexity index is 368. The molecule has 0 aromatic carbocycles. The van der Waals surface area contributed by atoms with Crippen LogP contribution in [0.15, 0.2) is 17.2 Å². The molecule has 0 spiro atoms. The highest BCUT2D eigenvalue weighted by molar-refractivity contribution is 5.36. The molecular weight excluding hydrogens is 192 g/mol. The van der Waals surface area contributed by atoms with Gasteiger partial charge in [0.05, 0.1) is 6.33 Å². The van der Waals surface area contributed by atoms with Crippen molar-refractivity contribution in [1.29, 1.82) is 0 Å². The number of hydrogen-bond donors (Lipinski definition) is 2. The maximum absolute atomic E-state index is 11.1. The van der Waals surface area contributed by atoms with Crippen molar-refractivity contribution in [3.8, 4) is 0 Å². The van der Waals surface area contributed by atoms with Gasteiger partial charge in [0.2, 0.25) is 0 Å². The quantitative estimate of drug-likeness (QED) is 0.716. The number of anilines is 1. The van der Waals surface area contributed by atoms with Crippen molar-refractivity contribution in [3.63, 3.8) is 0 Å². The van der Waals surface area contributed by atoms with E-state index in [1.807, 2.05) is 7.05 Å². The third-order valence-electron chi connectivity index (χ3n) is 2.89. The summed E-state index contributed by atoms with van der Waals surface area (Å²) in [5.74, 6) is 0.785. The molecule has 1 saturated heterocycles. The molecule has 0 saturated carbocycles. The van der Waals surface area contributed by atoms with Crippen LogP contribution < -0.4 is 15.8 Å². The molecule has 1 aliphatic heterocycles. The van der Waals surface area contributed by atoms with Crippen LogP contribution in [0, 0.1) is 0 Å². The molecular formula is C10H16N4O. The number of piperidine rings is 1. The first-order valence-corrected chi connectivity index (χ1v) is 5.26. The standard InChI is InChI=1S/C10H16N4O/c1-11-8-2-4-14(5-3-8)9-6-10(15)13-7-12-9/h6-8,11H,2-5H2,1H3,(H,12,13,15). The summed E-state index contributed by atoms with van der Waals surface area (Å²) < 4.78 is 0. The summed E-state index contributed by atoms with van der Waals surface area (Å²) in [5, 5.41) is 3.27. The first-order chi connectivity index (χ1) is 7.29. The van der Waals surface area contributed by atoms with Crippen LogP contribution in [0.1, 0.15) is 12.8 Å². The molecule has 15 heavy (non-hydrogen) atoms. The lowest BCUT2D eigenvalue weighted by atomic mass is 10.1. The van der Waals surface area contributed by atoms with Gasteiger partial charge in [0.1, 0.15) is 5.82 Å². The lowest BCUT2D eigenvalue weighted by Gasteiger charge is -2.32. The lowest BCUT2D eigenvalue weighted by Crippen LogP contribution is -2.41. The zero-order valence-corrected chi connectivity index (χ0v) is 8.86. The van der Waals surface area contributed by atoms with Crippen LogP contribution in [0.5, 0.6) is 0 Å². The van der Waals surface area contributed by atoms with E-state index in [2.05, 4.69) is 20.2 Å². The van der Waals surface area contributed by atoms with E-state index >= 15 is 0 Å². The summed E-state index contributed by atoms with van der Waals surface area (Å²) in [6, 6.07) is 2.16. The van der Waals surface area contributed by atoms with Gasteiger partial charge in [0.25, 0.3) is 5.56 Å². The summed E-state index contributed by atoms with van der Waals surface area (Å²) in [6.45, 7) is 1.92. The molecule has 1 aromatic rings. The fraction of sp³-hybridized carbons (Fsp3) is 0.600. The smallest absolute Gasteiger partial charge is 0.252 e. The molecule has 0 atom stereocenters. The van der Waals surface area contributed by atoms with Gasteiger partial charge in [0, 0.05) is 25.2 Å². The van der Waals surface area contributed by atoms with Crippen molar-refractivity contribution in [3.05, 3.63) is 22.7 Å². The molecule has 0 amide bonds. The predicted molar refractivity (Wildman–Crippen MR) is 59.2 cm³/mol. The summed E-state index contributed by atoms with van der Waals surface area (Å²) in [6.07, 6.45) is 3.66. The molecule has 5 heteroatoms. The van der Waals surface area contributed by atoms with Gasteiger partial charge < -0.3 is 15.2 Å². The maximum atomic E-state index is 11.1. The van der Waals surface area contributed by atoms with E-state index in [0.717, 1.165) is 31.7 Å². The third kappa shape index (κ3) is 2.36. The number of rotatable bonds is 2. The lowest BCUT2D eigenvalue weighted by molar-refractivity contribution is 0.440. The van der Waals surface area contributed by atoms with Crippen molar-refractivity contribution in [2.75, 3.05) is 25.0 Å². The molecule has 0 bridgehead atoms. The highest BCUT2D eigenvalue weighted by Gasteiger charge is 2.18. The Morgan fingerprint density at radius 3 is 2.87 bits per heavy atom. The van der Waals surface area contributed by atoms with E-state index < -0.39 is 0 Å². The van der Waals surface area contributed by atoms with Gasteiger partial charge in [0.15, 0.2) is 0 Å². The second-order valence-corrected chi connectivity index (χ2v) is 3.82. The summed E-state index contributed by atoms with van der Waals surface area (Å²) in [7, 11) is 1.99. The molecule has 2 rings (SSSR count). The van der Waals surface area contributed by atoms with Gasteiger partial charge in [-0.2, -0.15) is 0 Å². The Kier molecular flexibility index (Phi) is 3.01. The van der Waals surface area contributed by atoms with Crippen molar-refractivity contribution in [2.45, 2.75) is 18.9 Å². The normalized spacial score (nSPS) is 18.1. The van der Waals surface area contributed by atoms with E-state index in [9.17, 15) is 4.79 Å². The Morgan fingerprint density at radius 2 is 2.27 bits per heavy atom. The van der Waals surface area contributed by atoms with Crippen LogP contribution >= 0.6 is 0 Å². The van der Waals surface area contributed by atoms with E-state index in [1.165, 1.54) is 6.33 Å².